The van der Waals surface area contributed by atoms with Gasteiger partial charge in [-0.15, -0.1) is 0 Å². The number of nitrogens with two attached hydrogens (primary N) is 1. The van der Waals surface area contributed by atoms with Crippen LogP contribution in [0.25, 0.3) is 0 Å². The average molecular weight is 235 g/mol. The summed E-state index contributed by atoms with van der Waals surface area (Å²) in [5.41, 5.74) is 6.93. The zero-order valence-electron chi connectivity index (χ0n) is 10.6. The number of hydrogen-bond donors (Lipinski definition) is 2. The number of unbranched alkanes of at least 4 members (excludes halogenated alkanes) is 3. The maximum Gasteiger partial charge on any atom is 0.224 e. The van der Waals surface area contributed by atoms with E-state index in [0.717, 1.165) is 18.5 Å². The quantitative estimate of drug-likeness (QED) is 0.433. The van der Waals surface area contributed by atoms with Crippen LogP contribution in [-0.4, -0.2) is 17.4 Å². The van der Waals surface area contributed by atoms with Gasteiger partial charge in [-0.05, 0) is 25.5 Å². The Morgan fingerprint density at radius 3 is 2.76 bits per heavy atom. The monoisotopic (exact) mass is 235 g/mol. The van der Waals surface area contributed by atoms with E-state index < -0.39 is 0 Å². The molecule has 1 aromatic heterocycles. The predicted molar refractivity (Wildman–Crippen MR) is 69.6 cm³/mol. The van der Waals surface area contributed by atoms with Crippen molar-refractivity contribution in [3.63, 3.8) is 0 Å². The lowest BCUT2D eigenvalue weighted by Gasteiger charge is -2.10. The zero-order valence-corrected chi connectivity index (χ0v) is 10.6. The van der Waals surface area contributed by atoms with Gasteiger partial charge in [-0.3, -0.25) is 5.41 Å². The van der Waals surface area contributed by atoms with Gasteiger partial charge in [0.15, 0.2) is 0 Å². The van der Waals surface area contributed by atoms with Crippen molar-refractivity contribution >= 4 is 5.84 Å². The van der Waals surface area contributed by atoms with E-state index in [0.29, 0.717) is 18.1 Å². The number of nitrogen functional groups attached to an aromatic ring is 1. The molecular weight excluding hydrogens is 214 g/mol. The van der Waals surface area contributed by atoms with Crippen LogP contribution >= 0.6 is 0 Å². The molecule has 0 atom stereocenters. The molecule has 0 saturated carbocycles. The van der Waals surface area contributed by atoms with Gasteiger partial charge in [0.25, 0.3) is 0 Å². The number of hydrogen-bond acceptors (Lipinski definition) is 3. The van der Waals surface area contributed by atoms with E-state index in [-0.39, 0.29) is 5.84 Å². The van der Waals surface area contributed by atoms with Crippen LogP contribution in [0.3, 0.4) is 0 Å². The molecule has 1 heterocycles. The number of nitrogens with zero attached hydrogens (tertiary/aromatic N) is 1. The van der Waals surface area contributed by atoms with Crippen LogP contribution in [0.1, 0.15) is 43.9 Å². The molecule has 94 valence electrons. The lowest BCUT2D eigenvalue weighted by atomic mass is 10.2. The fourth-order valence-corrected chi connectivity index (χ4v) is 1.55. The minimum atomic E-state index is 0.000980. The minimum absolute atomic E-state index is 0.000980. The Morgan fingerprint density at radius 1 is 1.35 bits per heavy atom. The van der Waals surface area contributed by atoms with Crippen molar-refractivity contribution in [2.24, 2.45) is 5.73 Å². The Hall–Kier alpha value is -1.58. The Bertz CT molecular complexity index is 377. The van der Waals surface area contributed by atoms with Crippen molar-refractivity contribution in [3.8, 4) is 5.88 Å². The number of nitrogens with one attached hydrogen (secondary N) is 1. The Morgan fingerprint density at radius 2 is 2.12 bits per heavy atom. The van der Waals surface area contributed by atoms with Crippen LogP contribution < -0.4 is 10.5 Å². The van der Waals surface area contributed by atoms with Crippen molar-refractivity contribution in [2.75, 3.05) is 6.61 Å². The molecule has 0 fully saturated rings. The molecule has 0 spiro atoms. The molecule has 4 nitrogen and oxygen atoms in total. The third-order valence-corrected chi connectivity index (χ3v) is 2.53. The summed E-state index contributed by atoms with van der Waals surface area (Å²) in [5, 5.41) is 7.45. The second-order valence-corrected chi connectivity index (χ2v) is 4.13. The highest BCUT2D eigenvalue weighted by molar-refractivity contribution is 5.97. The molecule has 0 unspecified atom stereocenters. The van der Waals surface area contributed by atoms with Gasteiger partial charge in [0.2, 0.25) is 5.88 Å². The molecule has 0 radical (unpaired) electrons. The van der Waals surface area contributed by atoms with E-state index in [2.05, 4.69) is 11.9 Å². The van der Waals surface area contributed by atoms with Crippen LogP contribution in [0.2, 0.25) is 0 Å². The molecule has 3 N–H and O–H groups in total. The highest BCUT2D eigenvalue weighted by atomic mass is 16.5. The van der Waals surface area contributed by atoms with E-state index in [4.69, 9.17) is 15.9 Å². The molecular formula is C13H21N3O. The number of pyridine rings is 1. The number of rotatable bonds is 7. The molecule has 0 aromatic carbocycles. The molecule has 0 aliphatic rings. The second-order valence-electron chi connectivity index (χ2n) is 4.13. The molecule has 4 heteroatoms. The number of ether oxygens (including phenoxy) is 1. The predicted octanol–water partition coefficient (Wildman–Crippen LogP) is 2.63. The van der Waals surface area contributed by atoms with Gasteiger partial charge in [0, 0.05) is 5.69 Å². The smallest absolute Gasteiger partial charge is 0.224 e. The Kier molecular flexibility index (Phi) is 5.46. The van der Waals surface area contributed by atoms with E-state index in [9.17, 15) is 0 Å². The molecule has 0 amide bonds. The van der Waals surface area contributed by atoms with Crippen LogP contribution in [0, 0.1) is 12.3 Å². The van der Waals surface area contributed by atoms with Gasteiger partial charge in [-0.2, -0.15) is 0 Å². The Balaban J connectivity index is 2.56. The number of aryl methyl sites for hydroxylation is 1. The summed E-state index contributed by atoms with van der Waals surface area (Å²) >= 11 is 0. The summed E-state index contributed by atoms with van der Waals surface area (Å²) in [6.07, 6.45) is 4.62. The van der Waals surface area contributed by atoms with Crippen molar-refractivity contribution in [1.82, 2.24) is 4.98 Å². The van der Waals surface area contributed by atoms with Gasteiger partial charge < -0.3 is 10.5 Å². The van der Waals surface area contributed by atoms with E-state index in [1.807, 2.05) is 13.0 Å². The third kappa shape index (κ3) is 4.43. The number of aromatic nitrogens is 1. The maximum absolute atomic E-state index is 7.45. The molecule has 1 aromatic rings. The molecule has 1 rings (SSSR count). The molecule has 0 aliphatic carbocycles. The van der Waals surface area contributed by atoms with Crippen LogP contribution in [0.15, 0.2) is 12.1 Å². The van der Waals surface area contributed by atoms with Crippen molar-refractivity contribution < 1.29 is 4.74 Å². The average Bonchev–Trinajstić information content (AvgIpc) is 2.28. The summed E-state index contributed by atoms with van der Waals surface area (Å²) in [6.45, 7) is 4.71. The van der Waals surface area contributed by atoms with Gasteiger partial charge in [-0.25, -0.2) is 4.98 Å². The highest BCUT2D eigenvalue weighted by Gasteiger charge is 2.08. The first-order valence-corrected chi connectivity index (χ1v) is 6.10. The van der Waals surface area contributed by atoms with E-state index in [1.165, 1.54) is 12.8 Å². The lowest BCUT2D eigenvalue weighted by Crippen LogP contribution is -2.14. The zero-order chi connectivity index (χ0) is 12.7. The maximum atomic E-state index is 7.45. The van der Waals surface area contributed by atoms with Crippen LogP contribution in [0.4, 0.5) is 0 Å². The van der Waals surface area contributed by atoms with Crippen molar-refractivity contribution in [2.45, 2.75) is 39.5 Å². The molecule has 0 aliphatic heterocycles. The third-order valence-electron chi connectivity index (χ3n) is 2.53. The highest BCUT2D eigenvalue weighted by Crippen LogP contribution is 2.16. The standard InChI is InChI=1S/C13H21N3O/c1-3-4-5-6-9-17-13-11(12(14)15)8-7-10(2)16-13/h7-8H,3-6,9H2,1-2H3,(H3,14,15). The van der Waals surface area contributed by atoms with Crippen molar-refractivity contribution in [3.05, 3.63) is 23.4 Å². The van der Waals surface area contributed by atoms with Crippen LogP contribution in [-0.2, 0) is 0 Å². The molecule has 0 bridgehead atoms. The lowest BCUT2D eigenvalue weighted by molar-refractivity contribution is 0.293. The molecule has 17 heavy (non-hydrogen) atoms. The first-order chi connectivity index (χ1) is 8.15. The van der Waals surface area contributed by atoms with Gasteiger partial charge in [0.1, 0.15) is 5.84 Å². The summed E-state index contributed by atoms with van der Waals surface area (Å²) in [7, 11) is 0. The second kappa shape index (κ2) is 6.89. The topological polar surface area (TPSA) is 72.0 Å². The normalized spacial score (nSPS) is 10.2. The van der Waals surface area contributed by atoms with Crippen molar-refractivity contribution in [1.29, 1.82) is 5.41 Å². The van der Waals surface area contributed by atoms with E-state index in [1.54, 1.807) is 6.07 Å². The SMILES string of the molecule is CCCCCCOc1nc(C)ccc1C(=N)N. The number of amidine groups is 1. The summed E-state index contributed by atoms with van der Waals surface area (Å²) in [6, 6.07) is 3.62. The first-order valence-electron chi connectivity index (χ1n) is 6.10. The Labute approximate surface area is 103 Å². The summed E-state index contributed by atoms with van der Waals surface area (Å²) in [5.74, 6) is 0.482. The summed E-state index contributed by atoms with van der Waals surface area (Å²) < 4.78 is 5.59. The largest absolute Gasteiger partial charge is 0.477 e. The van der Waals surface area contributed by atoms with Gasteiger partial charge >= 0.3 is 0 Å². The first kappa shape index (κ1) is 13.5. The fourth-order valence-electron chi connectivity index (χ4n) is 1.55. The van der Waals surface area contributed by atoms with E-state index >= 15 is 0 Å². The molecule has 0 saturated heterocycles. The van der Waals surface area contributed by atoms with Crippen LogP contribution in [0.5, 0.6) is 5.88 Å². The fraction of sp³-hybridized carbons (Fsp3) is 0.538. The van der Waals surface area contributed by atoms with Gasteiger partial charge in [-0.1, -0.05) is 26.2 Å². The van der Waals surface area contributed by atoms with Gasteiger partial charge in [0.05, 0.1) is 12.2 Å². The summed E-state index contributed by atoms with van der Waals surface area (Å²) in [4.78, 5) is 4.27. The minimum Gasteiger partial charge on any atom is -0.477 e.